The molecule has 4 nitrogen and oxygen atoms in total. The summed E-state index contributed by atoms with van der Waals surface area (Å²) in [6, 6.07) is 12.6. The molecule has 0 bridgehead atoms. The Morgan fingerprint density at radius 3 is 2.45 bits per heavy atom. The fraction of sp³-hybridized carbons (Fsp3) is 0.412. The van der Waals surface area contributed by atoms with Crippen LogP contribution >= 0.6 is 12.4 Å². The summed E-state index contributed by atoms with van der Waals surface area (Å²) in [7, 11) is 0. The van der Waals surface area contributed by atoms with Gasteiger partial charge in [-0.2, -0.15) is 5.26 Å². The van der Waals surface area contributed by atoms with Gasteiger partial charge in [0.1, 0.15) is 5.82 Å². The van der Waals surface area contributed by atoms with Gasteiger partial charge in [-0.1, -0.05) is 0 Å². The highest BCUT2D eigenvalue weighted by molar-refractivity contribution is 5.85. The zero-order valence-electron chi connectivity index (χ0n) is 13.0. The van der Waals surface area contributed by atoms with E-state index in [1.807, 2.05) is 18.2 Å². The molecule has 3 rings (SSSR count). The van der Waals surface area contributed by atoms with Crippen LogP contribution in [0.3, 0.4) is 0 Å². The summed E-state index contributed by atoms with van der Waals surface area (Å²) in [5, 5.41) is 9.97. The Morgan fingerprint density at radius 2 is 1.82 bits per heavy atom. The van der Waals surface area contributed by atoms with Crippen LogP contribution in [0.2, 0.25) is 0 Å². The number of fused-ring (bicyclic) bond motifs is 1. The molecule has 0 atom stereocenters. The van der Waals surface area contributed by atoms with Crippen molar-refractivity contribution >= 4 is 29.1 Å². The van der Waals surface area contributed by atoms with Crippen LogP contribution in [0.4, 0.5) is 5.82 Å². The van der Waals surface area contributed by atoms with E-state index in [0.717, 1.165) is 42.9 Å². The number of benzene rings is 1. The van der Waals surface area contributed by atoms with Gasteiger partial charge in [-0.3, -0.25) is 4.90 Å². The number of hydrogen-bond acceptors (Lipinski definition) is 4. The molecule has 0 amide bonds. The number of aromatic nitrogens is 1. The summed E-state index contributed by atoms with van der Waals surface area (Å²) >= 11 is 0. The Bertz CT molecular complexity index is 685. The fourth-order valence-electron chi connectivity index (χ4n) is 2.83. The molecular formula is C17H21ClN4. The van der Waals surface area contributed by atoms with E-state index in [9.17, 15) is 0 Å². The summed E-state index contributed by atoms with van der Waals surface area (Å²) in [4.78, 5) is 9.58. The Morgan fingerprint density at radius 1 is 1.09 bits per heavy atom. The SMILES string of the molecule is CC(C)N1CCN(c2ccc3cc(C#N)ccc3n2)CC1.Cl. The van der Waals surface area contributed by atoms with Crippen molar-refractivity contribution in [2.24, 2.45) is 0 Å². The minimum absolute atomic E-state index is 0. The topological polar surface area (TPSA) is 43.2 Å². The second kappa shape index (κ2) is 6.95. The lowest BCUT2D eigenvalue weighted by molar-refractivity contribution is 0.209. The predicted octanol–water partition coefficient (Wildman–Crippen LogP) is 3.06. The first-order chi connectivity index (χ1) is 10.2. The summed E-state index contributed by atoms with van der Waals surface area (Å²) in [5.41, 5.74) is 1.64. The van der Waals surface area contributed by atoms with Gasteiger partial charge in [0.15, 0.2) is 0 Å². The van der Waals surface area contributed by atoms with Gasteiger partial charge in [0, 0.05) is 37.6 Å². The molecule has 2 heterocycles. The van der Waals surface area contributed by atoms with Crippen LogP contribution in [-0.4, -0.2) is 42.1 Å². The van der Waals surface area contributed by atoms with E-state index in [0.29, 0.717) is 11.6 Å². The molecule has 0 N–H and O–H groups in total. The average Bonchev–Trinajstić information content (AvgIpc) is 2.54. The van der Waals surface area contributed by atoms with Gasteiger partial charge >= 0.3 is 0 Å². The number of piperazine rings is 1. The fourth-order valence-corrected chi connectivity index (χ4v) is 2.83. The minimum Gasteiger partial charge on any atom is -0.354 e. The highest BCUT2D eigenvalue weighted by Gasteiger charge is 2.19. The van der Waals surface area contributed by atoms with Crippen molar-refractivity contribution < 1.29 is 0 Å². The number of rotatable bonds is 2. The number of anilines is 1. The quantitative estimate of drug-likeness (QED) is 0.854. The highest BCUT2D eigenvalue weighted by Crippen LogP contribution is 2.20. The van der Waals surface area contributed by atoms with Gasteiger partial charge < -0.3 is 4.90 Å². The Balaban J connectivity index is 0.00000176. The molecule has 0 unspecified atom stereocenters. The van der Waals surface area contributed by atoms with Crippen molar-refractivity contribution in [2.45, 2.75) is 19.9 Å². The van der Waals surface area contributed by atoms with Gasteiger partial charge in [0.05, 0.1) is 17.1 Å². The Labute approximate surface area is 137 Å². The van der Waals surface area contributed by atoms with Crippen LogP contribution in [0.15, 0.2) is 30.3 Å². The smallest absolute Gasteiger partial charge is 0.129 e. The lowest BCUT2D eigenvalue weighted by atomic mass is 10.1. The third-order valence-corrected chi connectivity index (χ3v) is 4.17. The van der Waals surface area contributed by atoms with Crippen LogP contribution in [0, 0.1) is 11.3 Å². The first kappa shape index (κ1) is 16.5. The van der Waals surface area contributed by atoms with Crippen molar-refractivity contribution in [3.8, 4) is 6.07 Å². The normalized spacial score (nSPS) is 15.6. The molecule has 22 heavy (non-hydrogen) atoms. The van der Waals surface area contributed by atoms with Gasteiger partial charge in [-0.25, -0.2) is 4.98 Å². The van der Waals surface area contributed by atoms with Crippen LogP contribution < -0.4 is 4.90 Å². The molecule has 0 radical (unpaired) electrons. The molecule has 1 aromatic heterocycles. The van der Waals surface area contributed by atoms with Crippen molar-refractivity contribution in [3.05, 3.63) is 35.9 Å². The van der Waals surface area contributed by atoms with E-state index < -0.39 is 0 Å². The molecule has 1 fully saturated rings. The van der Waals surface area contributed by atoms with Crippen molar-refractivity contribution in [3.63, 3.8) is 0 Å². The largest absolute Gasteiger partial charge is 0.354 e. The predicted molar refractivity (Wildman–Crippen MR) is 92.6 cm³/mol. The van der Waals surface area contributed by atoms with E-state index in [1.54, 1.807) is 0 Å². The zero-order valence-corrected chi connectivity index (χ0v) is 13.8. The standard InChI is InChI=1S/C17H20N4.ClH/c1-13(2)20-7-9-21(10-8-20)17-6-4-15-11-14(12-18)3-5-16(15)19-17;/h3-6,11,13H,7-10H2,1-2H3;1H. The lowest BCUT2D eigenvalue weighted by Crippen LogP contribution is -2.49. The molecule has 116 valence electrons. The Hall–Kier alpha value is -1.83. The summed E-state index contributed by atoms with van der Waals surface area (Å²) in [5.74, 6) is 1.04. The van der Waals surface area contributed by atoms with Crippen LogP contribution in [0.1, 0.15) is 19.4 Å². The molecule has 5 heteroatoms. The number of nitriles is 1. The number of halogens is 1. The van der Waals surface area contributed by atoms with Gasteiger partial charge in [-0.05, 0) is 44.2 Å². The second-order valence-corrected chi connectivity index (χ2v) is 5.81. The maximum absolute atomic E-state index is 8.94. The van der Waals surface area contributed by atoms with E-state index in [-0.39, 0.29) is 12.4 Å². The van der Waals surface area contributed by atoms with Gasteiger partial charge in [-0.15, -0.1) is 12.4 Å². The van der Waals surface area contributed by atoms with Crippen molar-refractivity contribution in [2.75, 3.05) is 31.1 Å². The van der Waals surface area contributed by atoms with Crippen LogP contribution in [-0.2, 0) is 0 Å². The van der Waals surface area contributed by atoms with Crippen molar-refractivity contribution in [1.29, 1.82) is 5.26 Å². The molecule has 0 aliphatic carbocycles. The maximum Gasteiger partial charge on any atom is 0.129 e. The van der Waals surface area contributed by atoms with E-state index in [2.05, 4.69) is 41.8 Å². The lowest BCUT2D eigenvalue weighted by Gasteiger charge is -2.37. The van der Waals surface area contributed by atoms with E-state index in [4.69, 9.17) is 10.2 Å². The second-order valence-electron chi connectivity index (χ2n) is 5.81. The van der Waals surface area contributed by atoms with Gasteiger partial charge in [0.25, 0.3) is 0 Å². The summed E-state index contributed by atoms with van der Waals surface area (Å²) in [6.45, 7) is 8.71. The summed E-state index contributed by atoms with van der Waals surface area (Å²) < 4.78 is 0. The maximum atomic E-state index is 8.94. The van der Waals surface area contributed by atoms with Gasteiger partial charge in [0.2, 0.25) is 0 Å². The summed E-state index contributed by atoms with van der Waals surface area (Å²) in [6.07, 6.45) is 0. The molecule has 1 aliphatic rings. The molecule has 0 spiro atoms. The first-order valence-corrected chi connectivity index (χ1v) is 7.47. The zero-order chi connectivity index (χ0) is 14.8. The number of pyridine rings is 1. The molecule has 0 saturated carbocycles. The third-order valence-electron chi connectivity index (χ3n) is 4.17. The molecule has 1 aliphatic heterocycles. The monoisotopic (exact) mass is 316 g/mol. The minimum atomic E-state index is 0. The Kier molecular flexibility index (Phi) is 5.23. The van der Waals surface area contributed by atoms with E-state index >= 15 is 0 Å². The van der Waals surface area contributed by atoms with Crippen LogP contribution in [0.25, 0.3) is 10.9 Å². The number of nitrogens with zero attached hydrogens (tertiary/aromatic N) is 4. The number of hydrogen-bond donors (Lipinski definition) is 0. The molecule has 1 aromatic carbocycles. The van der Waals surface area contributed by atoms with Crippen molar-refractivity contribution in [1.82, 2.24) is 9.88 Å². The molecule has 2 aromatic rings. The molecule has 1 saturated heterocycles. The van der Waals surface area contributed by atoms with E-state index in [1.165, 1.54) is 0 Å². The average molecular weight is 317 g/mol. The van der Waals surface area contributed by atoms with Crippen LogP contribution in [0.5, 0.6) is 0 Å². The third kappa shape index (κ3) is 3.32. The first-order valence-electron chi connectivity index (χ1n) is 7.47. The highest BCUT2D eigenvalue weighted by atomic mass is 35.5. The molecular weight excluding hydrogens is 296 g/mol.